The van der Waals surface area contributed by atoms with Crippen LogP contribution in [-0.2, 0) is 6.18 Å². The molecule has 20 heavy (non-hydrogen) atoms. The number of benzene rings is 1. The summed E-state index contributed by atoms with van der Waals surface area (Å²) in [5, 5.41) is -0.256. The summed E-state index contributed by atoms with van der Waals surface area (Å²) in [6, 6.07) is 3.68. The van der Waals surface area contributed by atoms with Crippen molar-refractivity contribution in [1.29, 1.82) is 0 Å². The number of hydrogen-bond donors (Lipinski definition) is 1. The van der Waals surface area contributed by atoms with Crippen molar-refractivity contribution >= 4 is 33.3 Å². The number of aromatic nitrogens is 2. The topological polar surface area (TPSA) is 51.8 Å². The van der Waals surface area contributed by atoms with Crippen LogP contribution in [0.3, 0.4) is 0 Å². The monoisotopic (exact) mass is 369 g/mol. The number of hydrogen-bond acceptors (Lipinski definition) is 3. The Balaban J connectivity index is 2.65. The molecule has 0 spiro atoms. The van der Waals surface area contributed by atoms with Gasteiger partial charge < -0.3 is 5.73 Å². The Labute approximate surface area is 123 Å². The zero-order chi connectivity index (χ0) is 15.1. The van der Waals surface area contributed by atoms with Crippen molar-refractivity contribution in [3.05, 3.63) is 39.3 Å². The van der Waals surface area contributed by atoms with Crippen LogP contribution in [0.1, 0.15) is 5.82 Å². The molecular formula is C11H5BrClF4N3. The first-order valence-electron chi connectivity index (χ1n) is 5.06. The highest BCUT2D eigenvalue weighted by molar-refractivity contribution is 9.10. The first-order chi connectivity index (χ1) is 9.20. The first-order valence-corrected chi connectivity index (χ1v) is 6.23. The van der Waals surface area contributed by atoms with Gasteiger partial charge in [-0.15, -0.1) is 0 Å². The quantitative estimate of drug-likeness (QED) is 0.601. The second-order valence-electron chi connectivity index (χ2n) is 3.72. The van der Waals surface area contributed by atoms with Gasteiger partial charge in [0, 0.05) is 16.1 Å². The maximum absolute atomic E-state index is 14.0. The van der Waals surface area contributed by atoms with Crippen LogP contribution in [0, 0.1) is 5.82 Å². The van der Waals surface area contributed by atoms with E-state index in [1.165, 1.54) is 12.1 Å². The van der Waals surface area contributed by atoms with Crippen LogP contribution in [0.2, 0.25) is 5.02 Å². The molecule has 0 aliphatic heterocycles. The number of nitrogens with zero attached hydrogens (tertiary/aromatic N) is 2. The predicted molar refractivity (Wildman–Crippen MR) is 69.6 cm³/mol. The second kappa shape index (κ2) is 5.17. The molecule has 0 saturated heterocycles. The van der Waals surface area contributed by atoms with E-state index in [4.69, 9.17) is 17.3 Å². The number of anilines is 1. The Bertz CT molecular complexity index is 675. The van der Waals surface area contributed by atoms with Gasteiger partial charge in [-0.2, -0.15) is 13.2 Å². The van der Waals surface area contributed by atoms with E-state index in [9.17, 15) is 17.6 Å². The van der Waals surface area contributed by atoms with E-state index in [1.54, 1.807) is 0 Å². The molecule has 0 saturated carbocycles. The van der Waals surface area contributed by atoms with Crippen molar-refractivity contribution in [3.63, 3.8) is 0 Å². The van der Waals surface area contributed by atoms with Crippen LogP contribution in [-0.4, -0.2) is 9.97 Å². The van der Waals surface area contributed by atoms with E-state index < -0.39 is 23.6 Å². The Morgan fingerprint density at radius 2 is 1.85 bits per heavy atom. The molecule has 0 aliphatic carbocycles. The first kappa shape index (κ1) is 15.0. The minimum atomic E-state index is -4.78. The third kappa shape index (κ3) is 2.85. The minimum Gasteiger partial charge on any atom is -0.384 e. The van der Waals surface area contributed by atoms with E-state index >= 15 is 0 Å². The van der Waals surface area contributed by atoms with E-state index in [2.05, 4.69) is 25.9 Å². The lowest BCUT2D eigenvalue weighted by atomic mass is 10.1. The highest BCUT2D eigenvalue weighted by atomic mass is 79.9. The molecule has 0 bridgehead atoms. The molecule has 0 fully saturated rings. The van der Waals surface area contributed by atoms with Crippen LogP contribution in [0.5, 0.6) is 0 Å². The average molecular weight is 371 g/mol. The number of halogens is 6. The molecule has 9 heteroatoms. The molecule has 1 heterocycles. The van der Waals surface area contributed by atoms with Crippen molar-refractivity contribution in [3.8, 4) is 11.3 Å². The lowest BCUT2D eigenvalue weighted by Gasteiger charge is -2.10. The molecule has 0 atom stereocenters. The van der Waals surface area contributed by atoms with Crippen molar-refractivity contribution in [2.24, 2.45) is 0 Å². The Kier molecular flexibility index (Phi) is 3.88. The number of nitrogen functional groups attached to an aromatic ring is 1. The number of rotatable bonds is 1. The standard InChI is InChI=1S/C11H5BrClF4N3/c12-5-2-1-4(9(14)8(5)13)6-3-7(18)20-10(19-6)11(15,16)17/h1-3H,(H2,18,19,20). The molecule has 0 aliphatic rings. The summed E-state index contributed by atoms with van der Waals surface area (Å²) in [6.07, 6.45) is -4.78. The van der Waals surface area contributed by atoms with Crippen molar-refractivity contribution in [2.45, 2.75) is 6.18 Å². The lowest BCUT2D eigenvalue weighted by Crippen LogP contribution is -2.13. The number of alkyl halides is 3. The normalized spacial score (nSPS) is 11.7. The molecule has 0 amide bonds. The third-order valence-corrected chi connectivity index (χ3v) is 3.57. The van der Waals surface area contributed by atoms with Crippen LogP contribution < -0.4 is 5.73 Å². The summed E-state index contributed by atoms with van der Waals surface area (Å²) >= 11 is 8.69. The molecule has 2 aromatic rings. The van der Waals surface area contributed by atoms with Gasteiger partial charge in [0.15, 0.2) is 5.82 Å². The molecule has 0 radical (unpaired) electrons. The summed E-state index contributed by atoms with van der Waals surface area (Å²) < 4.78 is 52.0. The molecule has 1 aromatic heterocycles. The summed E-state index contributed by atoms with van der Waals surface area (Å²) in [5.74, 6) is -2.75. The fourth-order valence-electron chi connectivity index (χ4n) is 1.45. The van der Waals surface area contributed by atoms with E-state index in [-0.39, 0.29) is 20.8 Å². The van der Waals surface area contributed by atoms with Gasteiger partial charge >= 0.3 is 6.18 Å². The third-order valence-electron chi connectivity index (χ3n) is 2.31. The van der Waals surface area contributed by atoms with Crippen LogP contribution >= 0.6 is 27.5 Å². The maximum Gasteiger partial charge on any atom is 0.451 e. The van der Waals surface area contributed by atoms with Gasteiger partial charge in [-0.3, -0.25) is 0 Å². The van der Waals surface area contributed by atoms with E-state index in [0.717, 1.165) is 6.07 Å². The van der Waals surface area contributed by atoms with Crippen LogP contribution in [0.4, 0.5) is 23.4 Å². The van der Waals surface area contributed by atoms with Gasteiger partial charge in [0.2, 0.25) is 5.82 Å². The Morgan fingerprint density at radius 1 is 1.20 bits per heavy atom. The maximum atomic E-state index is 14.0. The summed E-state index contributed by atoms with van der Waals surface area (Å²) in [4.78, 5) is 6.35. The average Bonchev–Trinajstić information content (AvgIpc) is 2.34. The van der Waals surface area contributed by atoms with Crippen LogP contribution in [0.25, 0.3) is 11.3 Å². The molecular weight excluding hydrogens is 365 g/mol. The summed E-state index contributed by atoms with van der Waals surface area (Å²) in [6.45, 7) is 0. The highest BCUT2D eigenvalue weighted by Crippen LogP contribution is 2.34. The molecule has 2 rings (SSSR count). The zero-order valence-corrected chi connectivity index (χ0v) is 11.8. The van der Waals surface area contributed by atoms with Crippen molar-refractivity contribution < 1.29 is 17.6 Å². The molecule has 0 unspecified atom stereocenters. The molecule has 1 aromatic carbocycles. The van der Waals surface area contributed by atoms with Gasteiger partial charge in [-0.1, -0.05) is 11.6 Å². The SMILES string of the molecule is Nc1cc(-c2ccc(Br)c(Cl)c2F)nc(C(F)(F)F)n1. The zero-order valence-electron chi connectivity index (χ0n) is 9.47. The molecule has 2 N–H and O–H groups in total. The van der Waals surface area contributed by atoms with E-state index in [1.807, 2.05) is 0 Å². The lowest BCUT2D eigenvalue weighted by molar-refractivity contribution is -0.144. The van der Waals surface area contributed by atoms with Gasteiger partial charge in [0.1, 0.15) is 5.82 Å². The van der Waals surface area contributed by atoms with Gasteiger partial charge in [0.25, 0.3) is 0 Å². The Morgan fingerprint density at radius 3 is 2.45 bits per heavy atom. The smallest absolute Gasteiger partial charge is 0.384 e. The van der Waals surface area contributed by atoms with E-state index in [0.29, 0.717) is 0 Å². The second-order valence-corrected chi connectivity index (χ2v) is 4.95. The molecule has 3 nitrogen and oxygen atoms in total. The van der Waals surface area contributed by atoms with Gasteiger partial charge in [-0.05, 0) is 28.1 Å². The Hall–Kier alpha value is -1.41. The predicted octanol–water partition coefficient (Wildman–Crippen LogP) is 4.30. The van der Waals surface area contributed by atoms with Crippen molar-refractivity contribution in [1.82, 2.24) is 9.97 Å². The number of nitrogens with two attached hydrogens (primary N) is 1. The molecule has 106 valence electrons. The minimum absolute atomic E-state index is 0.196. The summed E-state index contributed by atoms with van der Waals surface area (Å²) in [5.41, 5.74) is 4.80. The highest BCUT2D eigenvalue weighted by Gasteiger charge is 2.35. The largest absolute Gasteiger partial charge is 0.451 e. The fraction of sp³-hybridized carbons (Fsp3) is 0.0909. The van der Waals surface area contributed by atoms with Gasteiger partial charge in [0.05, 0.1) is 10.7 Å². The van der Waals surface area contributed by atoms with Crippen LogP contribution in [0.15, 0.2) is 22.7 Å². The fourth-order valence-corrected chi connectivity index (χ4v) is 1.93. The summed E-state index contributed by atoms with van der Waals surface area (Å²) in [7, 11) is 0. The van der Waals surface area contributed by atoms with Crippen molar-refractivity contribution in [2.75, 3.05) is 5.73 Å². The van der Waals surface area contributed by atoms with Gasteiger partial charge in [-0.25, -0.2) is 14.4 Å².